The van der Waals surface area contributed by atoms with Gasteiger partial charge in [0.15, 0.2) is 0 Å². The van der Waals surface area contributed by atoms with Crippen LogP contribution >= 0.6 is 0 Å². The lowest BCUT2D eigenvalue weighted by atomic mass is 10.0. The van der Waals surface area contributed by atoms with Crippen LogP contribution in [0.15, 0.2) is 18.2 Å². The van der Waals surface area contributed by atoms with E-state index in [0.29, 0.717) is 32.7 Å². The third-order valence-corrected chi connectivity index (χ3v) is 5.07. The summed E-state index contributed by atoms with van der Waals surface area (Å²) in [5, 5.41) is 0. The van der Waals surface area contributed by atoms with Gasteiger partial charge in [0.05, 0.1) is 25.3 Å². The van der Waals surface area contributed by atoms with Crippen molar-refractivity contribution in [3.8, 4) is 5.75 Å². The Balaban J connectivity index is 1.80. The van der Waals surface area contributed by atoms with E-state index in [0.717, 1.165) is 36.3 Å². The molecule has 136 valence electrons. The molecule has 1 aromatic rings. The molecule has 0 saturated carbocycles. The summed E-state index contributed by atoms with van der Waals surface area (Å²) in [4.78, 5) is 28.9. The second kappa shape index (κ2) is 7.87. The number of nitrogens with zero attached hydrogens (tertiary/aromatic N) is 2. The molecule has 2 aliphatic heterocycles. The first-order valence-electron chi connectivity index (χ1n) is 8.89. The van der Waals surface area contributed by atoms with Crippen molar-refractivity contribution in [1.29, 1.82) is 0 Å². The molecule has 1 aromatic carbocycles. The fourth-order valence-electron chi connectivity index (χ4n) is 3.75. The Morgan fingerprint density at radius 2 is 2.12 bits per heavy atom. The van der Waals surface area contributed by atoms with Gasteiger partial charge in [-0.05, 0) is 31.4 Å². The Morgan fingerprint density at radius 1 is 1.28 bits per heavy atom. The van der Waals surface area contributed by atoms with E-state index in [4.69, 9.17) is 9.47 Å². The van der Waals surface area contributed by atoms with E-state index >= 15 is 0 Å². The number of methoxy groups -OCH3 is 2. The smallest absolute Gasteiger partial charge is 0.232 e. The maximum atomic E-state index is 13.2. The molecule has 0 aromatic heterocycles. The molecule has 3 rings (SSSR count). The summed E-state index contributed by atoms with van der Waals surface area (Å²) >= 11 is 0. The van der Waals surface area contributed by atoms with Crippen molar-refractivity contribution in [3.05, 3.63) is 23.8 Å². The zero-order chi connectivity index (χ0) is 17.8. The monoisotopic (exact) mass is 346 g/mol. The van der Waals surface area contributed by atoms with Gasteiger partial charge in [-0.15, -0.1) is 0 Å². The maximum absolute atomic E-state index is 13.2. The van der Waals surface area contributed by atoms with Crippen LogP contribution in [-0.2, 0) is 20.7 Å². The van der Waals surface area contributed by atoms with Crippen LogP contribution in [0.4, 0.5) is 5.69 Å². The number of rotatable bonds is 5. The average Bonchev–Trinajstić information content (AvgIpc) is 2.86. The fourth-order valence-corrected chi connectivity index (χ4v) is 3.75. The molecule has 6 heteroatoms. The standard InChI is InChI=1S/C19H26N2O4/c1-24-11-10-20-13-14(12-18(20)22)19(23)21-9-4-3-6-15-16(21)7-5-8-17(15)25-2/h5,7-8,14H,3-4,6,9-13H2,1-2H3/t14-/m0/s1. The number of carbonyl (C=O) groups excluding carboxylic acids is 2. The molecule has 0 radical (unpaired) electrons. The van der Waals surface area contributed by atoms with Crippen LogP contribution in [0.2, 0.25) is 0 Å². The van der Waals surface area contributed by atoms with Crippen LogP contribution in [0.5, 0.6) is 5.75 Å². The SMILES string of the molecule is COCCN1C[C@@H](C(=O)N2CCCCc3c(OC)cccc32)CC1=O. The van der Waals surface area contributed by atoms with Gasteiger partial charge >= 0.3 is 0 Å². The summed E-state index contributed by atoms with van der Waals surface area (Å²) in [5.74, 6) is 0.642. The number of carbonyl (C=O) groups is 2. The summed E-state index contributed by atoms with van der Waals surface area (Å²) in [7, 11) is 3.28. The van der Waals surface area contributed by atoms with Gasteiger partial charge in [0.25, 0.3) is 0 Å². The molecule has 2 heterocycles. The zero-order valence-corrected chi connectivity index (χ0v) is 15.0. The molecule has 0 N–H and O–H groups in total. The van der Waals surface area contributed by atoms with Gasteiger partial charge in [0.1, 0.15) is 5.75 Å². The van der Waals surface area contributed by atoms with Gasteiger partial charge in [-0.25, -0.2) is 0 Å². The summed E-state index contributed by atoms with van der Waals surface area (Å²) in [6.07, 6.45) is 3.18. The van der Waals surface area contributed by atoms with Crippen molar-refractivity contribution in [2.24, 2.45) is 5.92 Å². The molecule has 0 unspecified atom stereocenters. The van der Waals surface area contributed by atoms with E-state index in [1.165, 1.54) is 0 Å². The highest BCUT2D eigenvalue weighted by Gasteiger charge is 2.37. The van der Waals surface area contributed by atoms with Crippen LogP contribution in [0, 0.1) is 5.92 Å². The highest BCUT2D eigenvalue weighted by Crippen LogP contribution is 2.35. The van der Waals surface area contributed by atoms with E-state index < -0.39 is 0 Å². The summed E-state index contributed by atoms with van der Waals surface area (Å²) in [6.45, 7) is 2.22. The van der Waals surface area contributed by atoms with Gasteiger partial charge in [0, 0.05) is 38.7 Å². The molecule has 25 heavy (non-hydrogen) atoms. The largest absolute Gasteiger partial charge is 0.496 e. The maximum Gasteiger partial charge on any atom is 0.232 e. The Labute approximate surface area is 148 Å². The number of ether oxygens (including phenoxy) is 2. The molecule has 1 saturated heterocycles. The first-order valence-corrected chi connectivity index (χ1v) is 8.89. The van der Waals surface area contributed by atoms with Crippen LogP contribution in [-0.4, -0.2) is 57.2 Å². The van der Waals surface area contributed by atoms with Crippen molar-refractivity contribution >= 4 is 17.5 Å². The van der Waals surface area contributed by atoms with Crippen molar-refractivity contribution in [3.63, 3.8) is 0 Å². The van der Waals surface area contributed by atoms with Crippen LogP contribution in [0.3, 0.4) is 0 Å². The summed E-state index contributed by atoms with van der Waals surface area (Å²) < 4.78 is 10.5. The molecule has 0 spiro atoms. The Bertz CT molecular complexity index is 646. The molecular weight excluding hydrogens is 320 g/mol. The van der Waals surface area contributed by atoms with Crippen molar-refractivity contribution in [2.45, 2.75) is 25.7 Å². The lowest BCUT2D eigenvalue weighted by molar-refractivity contribution is -0.128. The zero-order valence-electron chi connectivity index (χ0n) is 15.0. The molecule has 0 bridgehead atoms. The molecule has 1 fully saturated rings. The first kappa shape index (κ1) is 17.7. The van der Waals surface area contributed by atoms with E-state index in [9.17, 15) is 9.59 Å². The van der Waals surface area contributed by atoms with Gasteiger partial charge in [-0.1, -0.05) is 6.07 Å². The lowest BCUT2D eigenvalue weighted by Gasteiger charge is -2.26. The Kier molecular flexibility index (Phi) is 5.58. The van der Waals surface area contributed by atoms with Crippen molar-refractivity contribution in [2.75, 3.05) is 45.4 Å². The number of fused-ring (bicyclic) bond motifs is 1. The third-order valence-electron chi connectivity index (χ3n) is 5.07. The van der Waals surface area contributed by atoms with Gasteiger partial charge in [-0.2, -0.15) is 0 Å². The third kappa shape index (κ3) is 3.63. The van der Waals surface area contributed by atoms with Crippen molar-refractivity contribution in [1.82, 2.24) is 4.90 Å². The minimum atomic E-state index is -0.276. The van der Waals surface area contributed by atoms with Crippen molar-refractivity contribution < 1.29 is 19.1 Å². The second-order valence-corrected chi connectivity index (χ2v) is 6.64. The highest BCUT2D eigenvalue weighted by molar-refractivity contribution is 5.99. The quantitative estimate of drug-likeness (QED) is 0.817. The van der Waals surface area contributed by atoms with Gasteiger partial charge in [-0.3, -0.25) is 9.59 Å². The van der Waals surface area contributed by atoms with Crippen LogP contribution in [0.25, 0.3) is 0 Å². The molecule has 1 atom stereocenters. The number of anilines is 1. The molecule has 2 aliphatic rings. The van der Waals surface area contributed by atoms with E-state index in [1.807, 2.05) is 23.1 Å². The fraction of sp³-hybridized carbons (Fsp3) is 0.579. The Morgan fingerprint density at radius 3 is 2.88 bits per heavy atom. The molecular formula is C19H26N2O4. The summed E-state index contributed by atoms with van der Waals surface area (Å²) in [6, 6.07) is 5.85. The van der Waals surface area contributed by atoms with Gasteiger partial charge < -0.3 is 19.3 Å². The molecule has 6 nitrogen and oxygen atoms in total. The number of likely N-dealkylation sites (tertiary alicyclic amines) is 1. The van der Waals surface area contributed by atoms with E-state index in [2.05, 4.69) is 0 Å². The van der Waals surface area contributed by atoms with Crippen LogP contribution in [0.1, 0.15) is 24.8 Å². The first-order chi connectivity index (χ1) is 12.2. The number of hydrogen-bond acceptors (Lipinski definition) is 4. The van der Waals surface area contributed by atoms with Crippen LogP contribution < -0.4 is 9.64 Å². The predicted octanol–water partition coefficient (Wildman–Crippen LogP) is 1.86. The minimum absolute atomic E-state index is 0.0380. The molecule has 0 aliphatic carbocycles. The minimum Gasteiger partial charge on any atom is -0.496 e. The highest BCUT2D eigenvalue weighted by atomic mass is 16.5. The molecule has 2 amide bonds. The van der Waals surface area contributed by atoms with E-state index in [-0.39, 0.29) is 17.7 Å². The average molecular weight is 346 g/mol. The summed E-state index contributed by atoms with van der Waals surface area (Å²) in [5.41, 5.74) is 2.03. The Hall–Kier alpha value is -2.08. The van der Waals surface area contributed by atoms with Gasteiger partial charge in [0.2, 0.25) is 11.8 Å². The normalized spacial score (nSPS) is 20.4. The topological polar surface area (TPSA) is 59.1 Å². The number of amides is 2. The lowest BCUT2D eigenvalue weighted by Crippen LogP contribution is -2.38. The number of hydrogen-bond donors (Lipinski definition) is 0. The predicted molar refractivity (Wildman–Crippen MR) is 94.8 cm³/mol. The number of benzene rings is 1. The second-order valence-electron chi connectivity index (χ2n) is 6.64. The van der Waals surface area contributed by atoms with E-state index in [1.54, 1.807) is 19.1 Å².